The van der Waals surface area contributed by atoms with Gasteiger partial charge in [-0.05, 0) is 45.9 Å². The molecule has 0 radical (unpaired) electrons. The summed E-state index contributed by atoms with van der Waals surface area (Å²) >= 11 is 0. The fourth-order valence-corrected chi connectivity index (χ4v) is 3.47. The van der Waals surface area contributed by atoms with Crippen LogP contribution in [0.15, 0.2) is 41.8 Å². The van der Waals surface area contributed by atoms with E-state index < -0.39 is 52.6 Å². The molecule has 2 aromatic carbocycles. The van der Waals surface area contributed by atoms with Crippen molar-refractivity contribution in [1.29, 1.82) is 0 Å². The van der Waals surface area contributed by atoms with Crippen LogP contribution in [0.3, 0.4) is 0 Å². The minimum Gasteiger partial charge on any atom is -0.508 e. The summed E-state index contributed by atoms with van der Waals surface area (Å²) in [4.78, 5) is 0. The number of rotatable bonds is 2. The van der Waals surface area contributed by atoms with E-state index in [1.165, 1.54) is 6.07 Å². The number of benzene rings is 2. The zero-order chi connectivity index (χ0) is 23.6. The molecule has 0 saturated carbocycles. The molecule has 2 aliphatic heterocycles. The molecule has 168 valence electrons. The molecule has 5 N–H and O–H groups in total. The zero-order valence-corrected chi connectivity index (χ0v) is 17.8. The van der Waals surface area contributed by atoms with Crippen LogP contribution in [-0.2, 0) is 9.31 Å². The van der Waals surface area contributed by atoms with Crippen LogP contribution in [0.25, 0.3) is 11.3 Å². The van der Waals surface area contributed by atoms with Gasteiger partial charge in [-0.1, -0.05) is 0 Å². The summed E-state index contributed by atoms with van der Waals surface area (Å²) in [6, 6.07) is 5.72. The number of aliphatic hydroxyl groups excluding tert-OH is 1. The molecule has 4 rings (SSSR count). The lowest BCUT2D eigenvalue weighted by Crippen LogP contribution is -2.41. The van der Waals surface area contributed by atoms with Crippen molar-refractivity contribution >= 4 is 18.5 Å². The Morgan fingerprint density at radius 2 is 1.47 bits per heavy atom. The Kier molecular flexibility index (Phi) is 4.83. The van der Waals surface area contributed by atoms with Crippen LogP contribution in [0.5, 0.6) is 28.7 Å². The van der Waals surface area contributed by atoms with Gasteiger partial charge in [0, 0.05) is 17.7 Å². The maximum atomic E-state index is 15.8. The molecule has 2 aliphatic rings. The van der Waals surface area contributed by atoms with E-state index in [-0.39, 0.29) is 28.4 Å². The van der Waals surface area contributed by atoms with Crippen LogP contribution in [0.4, 0.5) is 4.39 Å². The number of phenolic OH excluding ortho intramolecular Hbond substituents is 4. The van der Waals surface area contributed by atoms with E-state index in [1.54, 1.807) is 27.7 Å². The number of hydrogen-bond donors (Lipinski definition) is 5. The minimum absolute atomic E-state index is 0.102. The van der Waals surface area contributed by atoms with Crippen molar-refractivity contribution in [2.24, 2.45) is 0 Å². The van der Waals surface area contributed by atoms with Crippen molar-refractivity contribution in [2.75, 3.05) is 0 Å². The molecule has 0 bridgehead atoms. The average molecular weight is 444 g/mol. The maximum absolute atomic E-state index is 15.8. The summed E-state index contributed by atoms with van der Waals surface area (Å²) in [5, 5.41) is 50.8. The van der Waals surface area contributed by atoms with E-state index >= 15 is 4.39 Å². The van der Waals surface area contributed by atoms with E-state index in [0.29, 0.717) is 0 Å². The predicted molar refractivity (Wildman–Crippen MR) is 114 cm³/mol. The van der Waals surface area contributed by atoms with Crippen LogP contribution in [-0.4, -0.2) is 43.9 Å². The number of allylic oxidation sites excluding steroid dienone is 1. The van der Waals surface area contributed by atoms with Crippen LogP contribution in [0.2, 0.25) is 0 Å². The first-order valence-corrected chi connectivity index (χ1v) is 9.78. The second-order valence-electron chi connectivity index (χ2n) is 8.63. The van der Waals surface area contributed by atoms with Gasteiger partial charge in [-0.25, -0.2) is 4.39 Å². The van der Waals surface area contributed by atoms with Crippen molar-refractivity contribution in [3.05, 3.63) is 52.9 Å². The molecular formula is C22H22BFO8. The van der Waals surface area contributed by atoms with Crippen molar-refractivity contribution < 1.29 is 44.0 Å². The van der Waals surface area contributed by atoms with Crippen LogP contribution in [0.1, 0.15) is 38.8 Å². The summed E-state index contributed by atoms with van der Waals surface area (Å²) in [7, 11) is -1.49. The third-order valence-electron chi connectivity index (χ3n) is 5.92. The largest absolute Gasteiger partial charge is 0.526 e. The van der Waals surface area contributed by atoms with Gasteiger partial charge >= 0.3 is 7.12 Å². The molecule has 0 amide bonds. The molecule has 0 spiro atoms. The van der Waals surface area contributed by atoms with Gasteiger partial charge in [0.05, 0.1) is 22.3 Å². The van der Waals surface area contributed by atoms with Gasteiger partial charge < -0.3 is 39.6 Å². The zero-order valence-electron chi connectivity index (χ0n) is 17.8. The summed E-state index contributed by atoms with van der Waals surface area (Å²) in [5.41, 5.74) is -3.32. The fraction of sp³-hybridized carbons (Fsp3) is 0.273. The topological polar surface area (TPSA) is 129 Å². The number of fused-ring (bicyclic) bond motifs is 1. The second-order valence-corrected chi connectivity index (χ2v) is 8.63. The van der Waals surface area contributed by atoms with E-state index in [0.717, 1.165) is 24.3 Å². The summed E-state index contributed by atoms with van der Waals surface area (Å²) in [6.07, 6.45) is 0. The molecule has 10 heteroatoms. The van der Waals surface area contributed by atoms with E-state index in [1.807, 2.05) is 0 Å². The molecule has 0 atom stereocenters. The first-order valence-electron chi connectivity index (χ1n) is 9.78. The predicted octanol–water partition coefficient (Wildman–Crippen LogP) is 4.14. The highest BCUT2D eigenvalue weighted by Crippen LogP contribution is 2.50. The summed E-state index contributed by atoms with van der Waals surface area (Å²) in [6.45, 7) is 6.94. The van der Waals surface area contributed by atoms with Crippen molar-refractivity contribution in [1.82, 2.24) is 0 Å². The van der Waals surface area contributed by atoms with Crippen LogP contribution in [0, 0.1) is 0 Å². The monoisotopic (exact) mass is 444 g/mol. The SMILES string of the molecule is CC1(C)OB(C(F)=C2C(O)=C(c3ccc(O)c(O)c3)Oc3cc(O)cc(O)c32)OC1(C)C. The highest BCUT2D eigenvalue weighted by molar-refractivity contribution is 6.55. The molecule has 32 heavy (non-hydrogen) atoms. The summed E-state index contributed by atoms with van der Waals surface area (Å²) < 4.78 is 33.0. The first kappa shape index (κ1) is 21.9. The van der Waals surface area contributed by atoms with Gasteiger partial charge in [0.25, 0.3) is 0 Å². The quantitative estimate of drug-likeness (QED) is 0.345. The van der Waals surface area contributed by atoms with Gasteiger partial charge in [-0.3, -0.25) is 0 Å². The second kappa shape index (κ2) is 7.08. The Bertz CT molecular complexity index is 1170. The van der Waals surface area contributed by atoms with Gasteiger partial charge in [-0.15, -0.1) is 0 Å². The molecule has 0 aliphatic carbocycles. The van der Waals surface area contributed by atoms with E-state index in [2.05, 4.69) is 0 Å². The molecule has 2 aromatic rings. The summed E-state index contributed by atoms with van der Waals surface area (Å²) in [5.74, 6) is -2.92. The number of hydrogen-bond acceptors (Lipinski definition) is 8. The normalized spacial score (nSPS) is 20.7. The molecule has 2 heterocycles. The Hall–Kier alpha value is -3.37. The Balaban J connectivity index is 1.95. The molecule has 0 aromatic heterocycles. The first-order chi connectivity index (χ1) is 14.8. The van der Waals surface area contributed by atoms with E-state index in [9.17, 15) is 25.5 Å². The number of ether oxygens (including phenoxy) is 1. The minimum atomic E-state index is -1.49. The van der Waals surface area contributed by atoms with Gasteiger partial charge in [0.2, 0.25) is 0 Å². The third kappa shape index (κ3) is 3.32. The fourth-order valence-electron chi connectivity index (χ4n) is 3.47. The number of halogens is 1. The smallest absolute Gasteiger partial charge is 0.508 e. The standard InChI is InChI=1S/C22H22BFO8/c1-21(2)22(3,4)32-23(31-21)20(24)17-16-14(28)8-11(25)9-15(16)30-19(18(17)29)10-5-6-12(26)13(27)7-10/h5-9,25-29H,1-4H3. The van der Waals surface area contributed by atoms with Gasteiger partial charge in [0.1, 0.15) is 23.0 Å². The van der Waals surface area contributed by atoms with Crippen molar-refractivity contribution in [3.8, 4) is 28.7 Å². The molecule has 1 saturated heterocycles. The van der Waals surface area contributed by atoms with Crippen LogP contribution >= 0.6 is 0 Å². The lowest BCUT2D eigenvalue weighted by atomic mass is 9.80. The molecule has 1 fully saturated rings. The lowest BCUT2D eigenvalue weighted by Gasteiger charge is -2.32. The maximum Gasteiger partial charge on any atom is 0.526 e. The Morgan fingerprint density at radius 1 is 0.844 bits per heavy atom. The lowest BCUT2D eigenvalue weighted by molar-refractivity contribution is 0.00578. The number of aromatic hydroxyl groups is 4. The Morgan fingerprint density at radius 3 is 2.06 bits per heavy atom. The van der Waals surface area contributed by atoms with Gasteiger partial charge in [0.15, 0.2) is 23.0 Å². The van der Waals surface area contributed by atoms with Gasteiger partial charge in [-0.2, -0.15) is 0 Å². The highest BCUT2D eigenvalue weighted by atomic mass is 19.1. The van der Waals surface area contributed by atoms with Crippen LogP contribution < -0.4 is 4.74 Å². The number of aliphatic hydroxyl groups is 1. The molecule has 0 unspecified atom stereocenters. The van der Waals surface area contributed by atoms with E-state index in [4.69, 9.17) is 14.0 Å². The molecular weight excluding hydrogens is 422 g/mol. The Labute approximate surface area is 183 Å². The van der Waals surface area contributed by atoms with Crippen molar-refractivity contribution in [3.63, 3.8) is 0 Å². The van der Waals surface area contributed by atoms with Crippen molar-refractivity contribution in [2.45, 2.75) is 38.9 Å². The third-order valence-corrected chi connectivity index (χ3v) is 5.92. The molecule has 8 nitrogen and oxygen atoms in total. The number of phenols is 4. The highest BCUT2D eigenvalue weighted by Gasteiger charge is 2.54. The average Bonchev–Trinajstić information content (AvgIpc) is 2.91.